The van der Waals surface area contributed by atoms with Gasteiger partial charge >= 0.3 is 0 Å². The summed E-state index contributed by atoms with van der Waals surface area (Å²) in [5.41, 5.74) is 1.55. The van der Waals surface area contributed by atoms with Crippen molar-refractivity contribution in [1.29, 1.82) is 0 Å². The Balaban J connectivity index is 1.59. The number of hydrogen-bond donors (Lipinski definition) is 2. The zero-order chi connectivity index (χ0) is 18.9. The molecule has 0 saturated heterocycles. The number of carbonyl (C=O) groups excluding carboxylic acids is 1. The van der Waals surface area contributed by atoms with Crippen LogP contribution in [0.5, 0.6) is 0 Å². The number of fused-ring (bicyclic) bond motifs is 1. The molecular weight excluding hydrogens is 388 g/mol. The largest absolute Gasteiger partial charge is 0.459 e. The molecule has 0 unspecified atom stereocenters. The molecule has 2 aromatic heterocycles. The van der Waals surface area contributed by atoms with Crippen LogP contribution in [0.25, 0.3) is 11.0 Å². The maximum atomic E-state index is 12.8. The molecule has 4 aromatic rings. The van der Waals surface area contributed by atoms with Crippen LogP contribution in [0.15, 0.2) is 70.2 Å². The van der Waals surface area contributed by atoms with Gasteiger partial charge < -0.3 is 9.73 Å². The normalized spacial score (nSPS) is 11.4. The van der Waals surface area contributed by atoms with Crippen molar-refractivity contribution in [2.75, 3.05) is 10.0 Å². The van der Waals surface area contributed by atoms with Gasteiger partial charge in [0.25, 0.3) is 15.9 Å². The van der Waals surface area contributed by atoms with E-state index < -0.39 is 15.9 Å². The lowest BCUT2D eigenvalue weighted by atomic mass is 10.3. The molecule has 136 valence electrons. The number of carbonyl (C=O) groups is 1. The van der Waals surface area contributed by atoms with Gasteiger partial charge in [0, 0.05) is 5.69 Å². The predicted octanol–water partition coefficient (Wildman–Crippen LogP) is 3.34. The lowest BCUT2D eigenvalue weighted by Gasteiger charge is -2.10. The average Bonchev–Trinajstić information content (AvgIpc) is 3.33. The predicted molar refractivity (Wildman–Crippen MR) is 101 cm³/mol. The second-order valence-electron chi connectivity index (χ2n) is 5.51. The summed E-state index contributed by atoms with van der Waals surface area (Å²) in [5.74, 6) is -0.276. The molecule has 0 aliphatic carbocycles. The van der Waals surface area contributed by atoms with Crippen molar-refractivity contribution in [3.8, 4) is 0 Å². The first kappa shape index (κ1) is 17.2. The van der Waals surface area contributed by atoms with Gasteiger partial charge in [0.05, 0.1) is 23.7 Å². The van der Waals surface area contributed by atoms with E-state index in [4.69, 9.17) is 4.42 Å². The number of nitrogens with zero attached hydrogens (tertiary/aromatic N) is 2. The Hall–Kier alpha value is -3.24. The number of sulfonamides is 1. The number of anilines is 2. The molecule has 0 aliphatic heterocycles. The molecule has 0 spiro atoms. The second kappa shape index (κ2) is 6.82. The Morgan fingerprint density at radius 1 is 1.00 bits per heavy atom. The van der Waals surface area contributed by atoms with Gasteiger partial charge in [0.15, 0.2) is 5.76 Å². The zero-order valence-corrected chi connectivity index (χ0v) is 15.3. The van der Waals surface area contributed by atoms with E-state index in [0.717, 1.165) is 11.7 Å². The van der Waals surface area contributed by atoms with Gasteiger partial charge in [-0.2, -0.15) is 8.75 Å². The first-order valence-corrected chi connectivity index (χ1v) is 9.93. The number of furan rings is 1. The summed E-state index contributed by atoms with van der Waals surface area (Å²) in [5, 5.41) is 2.65. The fraction of sp³-hybridized carbons (Fsp3) is 0. The average molecular weight is 400 g/mol. The quantitative estimate of drug-likeness (QED) is 0.531. The zero-order valence-electron chi connectivity index (χ0n) is 13.6. The van der Waals surface area contributed by atoms with E-state index in [1.165, 1.54) is 24.5 Å². The van der Waals surface area contributed by atoms with Crippen molar-refractivity contribution < 1.29 is 17.6 Å². The molecule has 0 aliphatic rings. The Kier molecular flexibility index (Phi) is 4.34. The Morgan fingerprint density at radius 2 is 1.81 bits per heavy atom. The van der Waals surface area contributed by atoms with Crippen LogP contribution in [0, 0.1) is 0 Å². The van der Waals surface area contributed by atoms with Gasteiger partial charge in [-0.3, -0.25) is 9.52 Å². The first-order chi connectivity index (χ1) is 13.0. The van der Waals surface area contributed by atoms with Crippen LogP contribution in [-0.4, -0.2) is 23.1 Å². The molecule has 4 rings (SSSR count). The SMILES string of the molecule is O=C(Nc1cccc(NS(=O)(=O)c2cccc3nsnc23)c1)c1ccco1. The number of nitrogens with one attached hydrogen (secondary N) is 2. The van der Waals surface area contributed by atoms with Crippen molar-refractivity contribution in [1.82, 2.24) is 8.75 Å². The van der Waals surface area contributed by atoms with Crippen molar-refractivity contribution >= 4 is 50.1 Å². The highest BCUT2D eigenvalue weighted by atomic mass is 32.2. The molecule has 1 amide bonds. The van der Waals surface area contributed by atoms with Crippen LogP contribution in [0.3, 0.4) is 0 Å². The molecular formula is C17H12N4O4S2. The molecule has 10 heteroatoms. The summed E-state index contributed by atoms with van der Waals surface area (Å²) in [4.78, 5) is 12.1. The van der Waals surface area contributed by atoms with E-state index in [0.29, 0.717) is 22.4 Å². The van der Waals surface area contributed by atoms with Gasteiger partial charge in [-0.25, -0.2) is 8.42 Å². The van der Waals surface area contributed by atoms with Crippen molar-refractivity contribution in [2.45, 2.75) is 4.90 Å². The van der Waals surface area contributed by atoms with E-state index in [-0.39, 0.29) is 10.7 Å². The Bertz CT molecular complexity index is 1220. The number of benzene rings is 2. The second-order valence-corrected chi connectivity index (χ2v) is 7.69. The minimum Gasteiger partial charge on any atom is -0.459 e. The van der Waals surface area contributed by atoms with E-state index in [2.05, 4.69) is 18.8 Å². The Labute approximate surface area is 158 Å². The lowest BCUT2D eigenvalue weighted by molar-refractivity contribution is 0.0996. The van der Waals surface area contributed by atoms with Gasteiger partial charge in [0.1, 0.15) is 15.9 Å². The summed E-state index contributed by atoms with van der Waals surface area (Å²) < 4.78 is 41.2. The molecule has 0 bridgehead atoms. The Morgan fingerprint density at radius 3 is 2.63 bits per heavy atom. The van der Waals surface area contributed by atoms with Crippen LogP contribution in [0.1, 0.15) is 10.6 Å². The first-order valence-electron chi connectivity index (χ1n) is 7.72. The van der Waals surface area contributed by atoms with E-state index in [1.54, 1.807) is 36.4 Å². The van der Waals surface area contributed by atoms with Crippen LogP contribution in [0.4, 0.5) is 11.4 Å². The molecule has 2 heterocycles. The highest BCUT2D eigenvalue weighted by Gasteiger charge is 2.20. The summed E-state index contributed by atoms with van der Waals surface area (Å²) in [6.07, 6.45) is 1.40. The molecule has 2 aromatic carbocycles. The van der Waals surface area contributed by atoms with Gasteiger partial charge in [-0.05, 0) is 42.5 Å². The van der Waals surface area contributed by atoms with Gasteiger partial charge in [-0.1, -0.05) is 12.1 Å². The summed E-state index contributed by atoms with van der Waals surface area (Å²) in [7, 11) is -3.88. The minimum absolute atomic E-state index is 0.0405. The summed E-state index contributed by atoms with van der Waals surface area (Å²) >= 11 is 0.949. The van der Waals surface area contributed by atoms with Gasteiger partial charge in [-0.15, -0.1) is 0 Å². The number of hydrogen-bond acceptors (Lipinski definition) is 7. The number of aromatic nitrogens is 2. The van der Waals surface area contributed by atoms with Gasteiger partial charge in [0.2, 0.25) is 0 Å². The number of amides is 1. The molecule has 0 radical (unpaired) electrons. The van der Waals surface area contributed by atoms with Crippen LogP contribution >= 0.6 is 11.7 Å². The van der Waals surface area contributed by atoms with Crippen LogP contribution in [-0.2, 0) is 10.0 Å². The van der Waals surface area contributed by atoms with Crippen LogP contribution in [0.2, 0.25) is 0 Å². The summed E-state index contributed by atoms with van der Waals surface area (Å²) in [6, 6.07) is 14.3. The highest BCUT2D eigenvalue weighted by molar-refractivity contribution is 7.93. The standard InChI is InChI=1S/C17H12N4O4S2/c22-17(14-7-3-9-25-14)18-11-4-1-5-12(10-11)21-27(23,24)15-8-2-6-13-16(15)20-26-19-13/h1-10,21H,(H,18,22). The fourth-order valence-corrected chi connectivity index (χ4v) is 4.29. The molecule has 0 saturated carbocycles. The monoisotopic (exact) mass is 400 g/mol. The lowest BCUT2D eigenvalue weighted by Crippen LogP contribution is -2.14. The molecule has 0 atom stereocenters. The fourth-order valence-electron chi connectivity index (χ4n) is 2.47. The summed E-state index contributed by atoms with van der Waals surface area (Å²) in [6.45, 7) is 0. The third-order valence-electron chi connectivity index (χ3n) is 3.66. The van der Waals surface area contributed by atoms with E-state index >= 15 is 0 Å². The molecule has 0 fully saturated rings. The van der Waals surface area contributed by atoms with Crippen molar-refractivity contribution in [3.05, 3.63) is 66.6 Å². The van der Waals surface area contributed by atoms with E-state index in [1.807, 2.05) is 0 Å². The van der Waals surface area contributed by atoms with Crippen molar-refractivity contribution in [3.63, 3.8) is 0 Å². The topological polar surface area (TPSA) is 114 Å². The third-order valence-corrected chi connectivity index (χ3v) is 5.61. The molecule has 8 nitrogen and oxygen atoms in total. The number of rotatable bonds is 5. The maximum absolute atomic E-state index is 12.8. The molecule has 2 N–H and O–H groups in total. The third kappa shape index (κ3) is 3.52. The van der Waals surface area contributed by atoms with E-state index in [9.17, 15) is 13.2 Å². The van der Waals surface area contributed by atoms with Crippen LogP contribution < -0.4 is 10.0 Å². The minimum atomic E-state index is -3.88. The van der Waals surface area contributed by atoms with Crippen molar-refractivity contribution in [2.24, 2.45) is 0 Å². The smallest absolute Gasteiger partial charge is 0.291 e. The maximum Gasteiger partial charge on any atom is 0.291 e. The highest BCUT2D eigenvalue weighted by Crippen LogP contribution is 2.24. The molecule has 27 heavy (non-hydrogen) atoms.